The van der Waals surface area contributed by atoms with Crippen LogP contribution in [0.15, 0.2) is 66.7 Å². The summed E-state index contributed by atoms with van der Waals surface area (Å²) in [6, 6.07) is 21.6. The minimum atomic E-state index is -1.44. The van der Waals surface area contributed by atoms with Crippen LogP contribution in [0, 0.1) is 0 Å². The Hall–Kier alpha value is -2.10. The van der Waals surface area contributed by atoms with Crippen LogP contribution in [0.1, 0.15) is 13.8 Å². The van der Waals surface area contributed by atoms with Crippen molar-refractivity contribution in [3.8, 4) is 11.1 Å². The summed E-state index contributed by atoms with van der Waals surface area (Å²) >= 11 is 0. The van der Waals surface area contributed by atoms with E-state index < -0.39 is 7.12 Å². The molecule has 2 nitrogen and oxygen atoms in total. The second kappa shape index (κ2) is 7.07. The van der Waals surface area contributed by atoms with Crippen LogP contribution in [0.5, 0.6) is 0 Å². The lowest BCUT2D eigenvalue weighted by atomic mass is 9.79. The molecule has 0 aliphatic heterocycles. The van der Waals surface area contributed by atoms with Crippen LogP contribution in [0.2, 0.25) is 0 Å². The van der Waals surface area contributed by atoms with Gasteiger partial charge in [0.15, 0.2) is 0 Å². The zero-order valence-electron chi connectivity index (χ0n) is 12.3. The van der Waals surface area contributed by atoms with E-state index in [4.69, 9.17) is 0 Å². The Morgan fingerprint density at radius 1 is 0.762 bits per heavy atom. The van der Waals surface area contributed by atoms with Gasteiger partial charge >= 0.3 is 7.12 Å². The third-order valence-electron chi connectivity index (χ3n) is 3.29. The molecule has 0 amide bonds. The summed E-state index contributed by atoms with van der Waals surface area (Å²) in [5.74, 6) is 0. The van der Waals surface area contributed by atoms with Crippen LogP contribution in [0.4, 0.5) is 0 Å². The summed E-state index contributed by atoms with van der Waals surface area (Å²) in [5, 5.41) is 20.9. The van der Waals surface area contributed by atoms with Crippen LogP contribution in [0.25, 0.3) is 21.9 Å². The lowest BCUT2D eigenvalue weighted by Crippen LogP contribution is -2.29. The van der Waals surface area contributed by atoms with Crippen LogP contribution < -0.4 is 5.46 Å². The largest absolute Gasteiger partial charge is 0.488 e. The van der Waals surface area contributed by atoms with Gasteiger partial charge in [-0.15, -0.1) is 0 Å². The normalized spacial score (nSPS) is 9.90. The molecule has 0 aliphatic carbocycles. The molecule has 0 aliphatic rings. The Bertz CT molecular complexity index is 718. The molecule has 3 heteroatoms. The van der Waals surface area contributed by atoms with Gasteiger partial charge in [0, 0.05) is 0 Å². The molecule has 0 aromatic heterocycles. The summed E-state index contributed by atoms with van der Waals surface area (Å²) in [4.78, 5) is 0. The molecular formula is C18H19BO2. The first-order valence-electron chi connectivity index (χ1n) is 7.20. The van der Waals surface area contributed by atoms with E-state index in [9.17, 15) is 10.0 Å². The van der Waals surface area contributed by atoms with Crippen molar-refractivity contribution in [3.05, 3.63) is 66.7 Å². The molecule has 3 aromatic rings. The molecule has 0 spiro atoms. The molecule has 0 radical (unpaired) electrons. The maximum atomic E-state index is 9.26. The maximum absolute atomic E-state index is 9.26. The minimum absolute atomic E-state index is 0.505. The highest BCUT2D eigenvalue weighted by Gasteiger charge is 2.12. The molecular weight excluding hydrogens is 259 g/mol. The van der Waals surface area contributed by atoms with E-state index in [2.05, 4.69) is 18.2 Å². The molecule has 0 heterocycles. The first-order chi connectivity index (χ1) is 10.3. The van der Waals surface area contributed by atoms with Crippen molar-refractivity contribution < 1.29 is 10.0 Å². The van der Waals surface area contributed by atoms with Gasteiger partial charge in [0.05, 0.1) is 0 Å². The van der Waals surface area contributed by atoms with Gasteiger partial charge in [0.2, 0.25) is 0 Å². The van der Waals surface area contributed by atoms with E-state index in [0.29, 0.717) is 5.46 Å². The lowest BCUT2D eigenvalue weighted by molar-refractivity contribution is 0.426. The third-order valence-corrected chi connectivity index (χ3v) is 3.29. The van der Waals surface area contributed by atoms with E-state index in [-0.39, 0.29) is 0 Å². The number of hydrogen-bond acceptors (Lipinski definition) is 2. The second-order valence-corrected chi connectivity index (χ2v) is 4.53. The van der Waals surface area contributed by atoms with Crippen molar-refractivity contribution in [3.63, 3.8) is 0 Å². The molecule has 0 bridgehead atoms. The number of benzene rings is 3. The second-order valence-electron chi connectivity index (χ2n) is 4.53. The molecule has 3 rings (SSSR count). The van der Waals surface area contributed by atoms with Gasteiger partial charge in [0.1, 0.15) is 0 Å². The molecule has 0 fully saturated rings. The van der Waals surface area contributed by atoms with E-state index in [1.165, 1.54) is 5.39 Å². The molecule has 3 aromatic carbocycles. The van der Waals surface area contributed by atoms with Crippen LogP contribution in [-0.2, 0) is 0 Å². The lowest BCUT2D eigenvalue weighted by Gasteiger charge is -2.08. The van der Waals surface area contributed by atoms with Crippen LogP contribution in [0.3, 0.4) is 0 Å². The fourth-order valence-electron chi connectivity index (χ4n) is 2.34. The van der Waals surface area contributed by atoms with Gasteiger partial charge in [-0.3, -0.25) is 0 Å². The fourth-order valence-corrected chi connectivity index (χ4v) is 2.34. The van der Waals surface area contributed by atoms with Crippen molar-refractivity contribution in [2.75, 3.05) is 0 Å². The summed E-state index contributed by atoms with van der Waals surface area (Å²) in [5.41, 5.74) is 2.59. The Kier molecular flexibility index (Phi) is 5.15. The average Bonchev–Trinajstić information content (AvgIpc) is 2.56. The average molecular weight is 278 g/mol. The van der Waals surface area contributed by atoms with Gasteiger partial charge in [-0.25, -0.2) is 0 Å². The van der Waals surface area contributed by atoms with Crippen LogP contribution >= 0.6 is 0 Å². The molecule has 21 heavy (non-hydrogen) atoms. The summed E-state index contributed by atoms with van der Waals surface area (Å²) in [6.07, 6.45) is 0. The highest BCUT2D eigenvalue weighted by atomic mass is 16.4. The van der Waals surface area contributed by atoms with Gasteiger partial charge in [-0.1, -0.05) is 80.6 Å². The van der Waals surface area contributed by atoms with E-state index in [1.807, 2.05) is 56.3 Å². The highest BCUT2D eigenvalue weighted by molar-refractivity contribution is 6.58. The Morgan fingerprint density at radius 3 is 2.19 bits per heavy atom. The first kappa shape index (κ1) is 15.3. The predicted octanol–water partition coefficient (Wildman–Crippen LogP) is 3.21. The zero-order chi connectivity index (χ0) is 15.2. The van der Waals surface area contributed by atoms with Crippen molar-refractivity contribution in [1.82, 2.24) is 0 Å². The Labute approximate surface area is 125 Å². The monoisotopic (exact) mass is 278 g/mol. The Morgan fingerprint density at radius 2 is 1.43 bits per heavy atom. The fraction of sp³-hybridized carbons (Fsp3) is 0.111. The molecule has 0 saturated carbocycles. The van der Waals surface area contributed by atoms with Crippen molar-refractivity contribution >= 4 is 23.4 Å². The van der Waals surface area contributed by atoms with Crippen molar-refractivity contribution in [1.29, 1.82) is 0 Å². The summed E-state index contributed by atoms with van der Waals surface area (Å²) in [6.45, 7) is 4.00. The number of rotatable bonds is 2. The first-order valence-corrected chi connectivity index (χ1v) is 7.20. The highest BCUT2D eigenvalue weighted by Crippen LogP contribution is 2.27. The summed E-state index contributed by atoms with van der Waals surface area (Å²) < 4.78 is 0. The molecule has 0 unspecified atom stereocenters. The van der Waals surface area contributed by atoms with Gasteiger partial charge < -0.3 is 10.0 Å². The molecule has 106 valence electrons. The van der Waals surface area contributed by atoms with E-state index in [0.717, 1.165) is 16.5 Å². The van der Waals surface area contributed by atoms with E-state index >= 15 is 0 Å². The maximum Gasteiger partial charge on any atom is 0.488 e. The minimum Gasteiger partial charge on any atom is -0.423 e. The molecule has 2 N–H and O–H groups in total. The summed E-state index contributed by atoms with van der Waals surface area (Å²) in [7, 11) is -1.44. The third kappa shape index (κ3) is 3.33. The topological polar surface area (TPSA) is 40.5 Å². The quantitative estimate of drug-likeness (QED) is 0.707. The smallest absolute Gasteiger partial charge is 0.423 e. The predicted molar refractivity (Wildman–Crippen MR) is 90.6 cm³/mol. The number of hydrogen-bond donors (Lipinski definition) is 2. The Balaban J connectivity index is 0.000000774. The van der Waals surface area contributed by atoms with E-state index in [1.54, 1.807) is 6.07 Å². The van der Waals surface area contributed by atoms with Crippen LogP contribution in [-0.4, -0.2) is 17.2 Å². The zero-order valence-corrected chi connectivity index (χ0v) is 12.3. The standard InChI is InChI=1S/C16H13BO2.C2H6/c18-17(19)14-8-3-7-13(11-14)16-10-4-6-12-5-1-2-9-15(12)16;1-2/h1-11,18-19H;1-2H3. The van der Waals surface area contributed by atoms with Gasteiger partial charge in [-0.2, -0.15) is 0 Å². The SMILES string of the molecule is CC.OB(O)c1cccc(-c2cccc3ccccc23)c1. The molecule has 0 saturated heterocycles. The number of fused-ring (bicyclic) bond motifs is 1. The van der Waals surface area contributed by atoms with Crippen molar-refractivity contribution in [2.45, 2.75) is 13.8 Å². The van der Waals surface area contributed by atoms with Crippen molar-refractivity contribution in [2.24, 2.45) is 0 Å². The molecule has 0 atom stereocenters. The van der Waals surface area contributed by atoms with Gasteiger partial charge in [-0.05, 0) is 27.4 Å². The van der Waals surface area contributed by atoms with Gasteiger partial charge in [0.25, 0.3) is 0 Å².